The van der Waals surface area contributed by atoms with Gasteiger partial charge in [-0.05, 0) is 26.3 Å². The molecule has 0 saturated carbocycles. The lowest BCUT2D eigenvalue weighted by Gasteiger charge is -2.26. The van der Waals surface area contributed by atoms with Crippen LogP contribution in [-0.2, 0) is 9.53 Å². The Labute approximate surface area is 116 Å². The third-order valence-corrected chi connectivity index (χ3v) is 3.17. The quantitative estimate of drug-likeness (QED) is 0.388. The normalized spacial score (nSPS) is 17.4. The molecule has 110 valence electrons. The Bertz CT molecular complexity index is 282. The summed E-state index contributed by atoms with van der Waals surface area (Å²) in [7, 11) is 0. The summed E-state index contributed by atoms with van der Waals surface area (Å²) >= 11 is 0. The highest BCUT2D eigenvalue weighted by atomic mass is 16.5. The summed E-state index contributed by atoms with van der Waals surface area (Å²) in [6.07, 6.45) is 5.81. The average Bonchev–Trinajstić information content (AvgIpc) is 2.38. The molecule has 0 atom stereocenters. The van der Waals surface area contributed by atoms with Gasteiger partial charge in [0, 0.05) is 38.0 Å². The fraction of sp³-hybridized carbons (Fsp3) is 0.786. The molecule has 1 heterocycles. The number of carbonyl (C=O) groups excluding carboxylic acids is 1. The molecule has 1 aliphatic heterocycles. The van der Waals surface area contributed by atoms with Crippen LogP contribution in [0.2, 0.25) is 0 Å². The van der Waals surface area contributed by atoms with Gasteiger partial charge in [-0.2, -0.15) is 0 Å². The number of nitrogens with one attached hydrogen (secondary N) is 1. The van der Waals surface area contributed by atoms with Gasteiger partial charge in [-0.15, -0.1) is 0 Å². The number of carbonyl (C=O) groups is 1. The summed E-state index contributed by atoms with van der Waals surface area (Å²) in [6, 6.07) is 0. The minimum absolute atomic E-state index is 0.333. The Hall–Kier alpha value is -1.07. The van der Waals surface area contributed by atoms with Crippen molar-refractivity contribution in [1.82, 2.24) is 10.2 Å². The Morgan fingerprint density at radius 2 is 1.95 bits per heavy atom. The largest absolute Gasteiger partial charge is 0.462 e. The molecule has 1 aliphatic rings. The first-order valence-electron chi connectivity index (χ1n) is 7.22. The molecule has 0 spiro atoms. The van der Waals surface area contributed by atoms with E-state index in [1.807, 2.05) is 0 Å². The van der Waals surface area contributed by atoms with Crippen LogP contribution in [0.3, 0.4) is 0 Å². The van der Waals surface area contributed by atoms with Crippen LogP contribution in [-0.4, -0.2) is 50.2 Å². The Balaban J connectivity index is 1.88. The van der Waals surface area contributed by atoms with Crippen LogP contribution < -0.4 is 11.1 Å². The van der Waals surface area contributed by atoms with Gasteiger partial charge in [0.05, 0.1) is 6.61 Å². The highest BCUT2D eigenvalue weighted by Crippen LogP contribution is 2.03. The molecule has 5 heteroatoms. The third-order valence-electron chi connectivity index (χ3n) is 3.17. The van der Waals surface area contributed by atoms with Crippen LogP contribution in [0.15, 0.2) is 11.8 Å². The van der Waals surface area contributed by atoms with Crippen molar-refractivity contribution in [3.63, 3.8) is 0 Å². The van der Waals surface area contributed by atoms with Gasteiger partial charge in [-0.3, -0.25) is 0 Å². The molecular formula is C14H27N3O2. The van der Waals surface area contributed by atoms with Crippen LogP contribution in [0.4, 0.5) is 0 Å². The van der Waals surface area contributed by atoms with Crippen molar-refractivity contribution in [2.24, 2.45) is 5.73 Å². The molecule has 0 aliphatic carbocycles. The van der Waals surface area contributed by atoms with E-state index in [1.54, 1.807) is 6.92 Å². The number of ether oxygens (including phenoxy) is 1. The van der Waals surface area contributed by atoms with Crippen molar-refractivity contribution in [3.05, 3.63) is 11.8 Å². The zero-order chi connectivity index (χ0) is 13.9. The zero-order valence-corrected chi connectivity index (χ0v) is 12.0. The smallest absolute Gasteiger partial charge is 0.332 e. The maximum Gasteiger partial charge on any atom is 0.332 e. The van der Waals surface area contributed by atoms with Gasteiger partial charge in [0.25, 0.3) is 0 Å². The van der Waals surface area contributed by atoms with Crippen molar-refractivity contribution >= 4 is 5.97 Å². The highest BCUT2D eigenvalue weighted by Gasteiger charge is 2.07. The second-order valence-electron chi connectivity index (χ2n) is 5.06. The first-order valence-corrected chi connectivity index (χ1v) is 7.22. The summed E-state index contributed by atoms with van der Waals surface area (Å²) in [4.78, 5) is 13.7. The van der Waals surface area contributed by atoms with Crippen molar-refractivity contribution in [1.29, 1.82) is 0 Å². The molecule has 0 radical (unpaired) electrons. The fourth-order valence-electron chi connectivity index (χ4n) is 2.13. The lowest BCUT2D eigenvalue weighted by molar-refractivity contribution is -0.137. The molecule has 19 heavy (non-hydrogen) atoms. The van der Waals surface area contributed by atoms with Gasteiger partial charge in [0.2, 0.25) is 0 Å². The molecule has 1 saturated heterocycles. The Morgan fingerprint density at radius 1 is 1.26 bits per heavy atom. The van der Waals surface area contributed by atoms with E-state index in [-0.39, 0.29) is 5.97 Å². The average molecular weight is 269 g/mol. The number of unbranched alkanes of at least 4 members (excludes halogenated alkanes) is 3. The Kier molecular flexibility index (Phi) is 8.25. The molecule has 0 bridgehead atoms. The molecule has 1 fully saturated rings. The lowest BCUT2D eigenvalue weighted by Crippen LogP contribution is -2.43. The van der Waals surface area contributed by atoms with E-state index < -0.39 is 0 Å². The summed E-state index contributed by atoms with van der Waals surface area (Å²) in [5.41, 5.74) is 5.87. The minimum Gasteiger partial charge on any atom is -0.462 e. The van der Waals surface area contributed by atoms with Crippen molar-refractivity contribution in [2.75, 3.05) is 39.3 Å². The van der Waals surface area contributed by atoms with Gasteiger partial charge < -0.3 is 20.7 Å². The monoisotopic (exact) mass is 269 g/mol. The van der Waals surface area contributed by atoms with E-state index in [9.17, 15) is 4.79 Å². The van der Waals surface area contributed by atoms with Crippen LogP contribution in [0.1, 0.15) is 32.6 Å². The summed E-state index contributed by atoms with van der Waals surface area (Å²) < 4.78 is 5.04. The highest BCUT2D eigenvalue weighted by molar-refractivity contribution is 5.82. The number of piperazine rings is 1. The molecule has 1 rings (SSSR count). The van der Waals surface area contributed by atoms with Crippen LogP contribution in [0.5, 0.6) is 0 Å². The van der Waals surface area contributed by atoms with Crippen molar-refractivity contribution in [2.45, 2.75) is 32.6 Å². The molecule has 0 aromatic rings. The molecule has 0 amide bonds. The lowest BCUT2D eigenvalue weighted by atomic mass is 10.2. The maximum atomic E-state index is 11.2. The second kappa shape index (κ2) is 9.81. The van der Waals surface area contributed by atoms with Gasteiger partial charge in [-0.25, -0.2) is 4.79 Å². The van der Waals surface area contributed by atoms with Gasteiger partial charge in [-0.1, -0.05) is 12.8 Å². The molecular weight excluding hydrogens is 242 g/mol. The van der Waals surface area contributed by atoms with Crippen LogP contribution >= 0.6 is 0 Å². The van der Waals surface area contributed by atoms with Gasteiger partial charge in [0.1, 0.15) is 0 Å². The van der Waals surface area contributed by atoms with Gasteiger partial charge in [0.15, 0.2) is 0 Å². The van der Waals surface area contributed by atoms with Gasteiger partial charge >= 0.3 is 5.97 Å². The summed E-state index contributed by atoms with van der Waals surface area (Å²) in [5, 5.41) is 3.35. The topological polar surface area (TPSA) is 67.6 Å². The van der Waals surface area contributed by atoms with E-state index in [1.165, 1.54) is 38.6 Å². The number of esters is 1. The van der Waals surface area contributed by atoms with E-state index in [0.717, 1.165) is 25.9 Å². The first kappa shape index (κ1) is 16.0. The summed E-state index contributed by atoms with van der Waals surface area (Å²) in [6.45, 7) is 7.93. The minimum atomic E-state index is -0.333. The molecule has 5 nitrogen and oxygen atoms in total. The van der Waals surface area contributed by atoms with Crippen molar-refractivity contribution < 1.29 is 9.53 Å². The maximum absolute atomic E-state index is 11.2. The number of hydrogen-bond donors (Lipinski definition) is 2. The molecule has 3 N–H and O–H groups in total. The summed E-state index contributed by atoms with van der Waals surface area (Å²) in [5.74, 6) is -0.333. The number of nitrogens with two attached hydrogens (primary N) is 1. The first-order chi connectivity index (χ1) is 9.18. The van der Waals surface area contributed by atoms with E-state index in [2.05, 4.69) is 10.2 Å². The van der Waals surface area contributed by atoms with Crippen molar-refractivity contribution in [3.8, 4) is 0 Å². The van der Waals surface area contributed by atoms with Crippen LogP contribution in [0, 0.1) is 0 Å². The fourth-order valence-corrected chi connectivity index (χ4v) is 2.13. The number of allylic oxidation sites excluding steroid dienone is 1. The van der Waals surface area contributed by atoms with Crippen LogP contribution in [0.25, 0.3) is 0 Å². The molecule has 0 aromatic carbocycles. The third kappa shape index (κ3) is 8.61. The zero-order valence-electron chi connectivity index (χ0n) is 12.0. The SMILES string of the molecule is C/C(N)=C/C(=O)OCCCCCCN1CCNCC1. The number of rotatable bonds is 8. The predicted octanol–water partition coefficient (Wildman–Crippen LogP) is 0.858. The van der Waals surface area contributed by atoms with E-state index in [4.69, 9.17) is 10.5 Å². The second-order valence-corrected chi connectivity index (χ2v) is 5.06. The predicted molar refractivity (Wildman–Crippen MR) is 76.7 cm³/mol. The Morgan fingerprint density at radius 3 is 2.63 bits per heavy atom. The molecule has 0 aromatic heterocycles. The van der Waals surface area contributed by atoms with E-state index >= 15 is 0 Å². The number of hydrogen-bond acceptors (Lipinski definition) is 5. The van der Waals surface area contributed by atoms with E-state index in [0.29, 0.717) is 12.3 Å². The number of nitrogens with zero attached hydrogens (tertiary/aromatic N) is 1. The molecule has 0 unspecified atom stereocenters. The standard InChI is InChI=1S/C14H27N3O2/c1-13(15)12-14(18)19-11-5-3-2-4-8-17-9-6-16-7-10-17/h12,16H,2-11,15H2,1H3/b13-12-.